The van der Waals surface area contributed by atoms with Crippen molar-refractivity contribution in [3.8, 4) is 0 Å². The Hall–Kier alpha value is -0.210. The second-order valence-electron chi connectivity index (χ2n) is 3.50. The van der Waals surface area contributed by atoms with Crippen molar-refractivity contribution in [2.24, 2.45) is 0 Å². The average molecular weight is 270 g/mol. The van der Waals surface area contributed by atoms with Gasteiger partial charge < -0.3 is 18.9 Å². The summed E-state index contributed by atoms with van der Waals surface area (Å²) in [5.74, 6) is 0. The van der Waals surface area contributed by atoms with Gasteiger partial charge in [-0.05, 0) is 13.8 Å². The van der Waals surface area contributed by atoms with E-state index in [4.69, 9.17) is 18.9 Å². The van der Waals surface area contributed by atoms with Crippen LogP contribution in [-0.2, 0) is 28.8 Å². The first-order valence-electron chi connectivity index (χ1n) is 5.37. The Bertz CT molecular complexity index is 302. The lowest BCUT2D eigenvalue weighted by molar-refractivity contribution is -0.178. The Morgan fingerprint density at radius 1 is 0.882 bits per heavy atom. The lowest BCUT2D eigenvalue weighted by atomic mass is 10.7. The highest BCUT2D eigenvalue weighted by Crippen LogP contribution is 2.32. The third-order valence-corrected chi connectivity index (χ3v) is 5.05. The third-order valence-electron chi connectivity index (χ3n) is 2.53. The van der Waals surface area contributed by atoms with Gasteiger partial charge in [-0.3, -0.25) is 0 Å². The molecule has 0 bridgehead atoms. The molecule has 0 aliphatic carbocycles. The monoisotopic (exact) mass is 270 g/mol. The van der Waals surface area contributed by atoms with Crippen molar-refractivity contribution < 1.29 is 27.4 Å². The Balaban J connectivity index is 5.48. The van der Waals surface area contributed by atoms with E-state index in [0.717, 1.165) is 0 Å². The molecule has 0 N–H and O–H groups in total. The molecule has 7 heteroatoms. The van der Waals surface area contributed by atoms with Gasteiger partial charge in [0.25, 0.3) is 20.1 Å². The molecule has 0 aromatic heterocycles. The van der Waals surface area contributed by atoms with E-state index in [-0.39, 0.29) is 13.2 Å². The molecule has 0 aliphatic heterocycles. The van der Waals surface area contributed by atoms with E-state index in [1.807, 2.05) is 0 Å². The van der Waals surface area contributed by atoms with E-state index < -0.39 is 20.1 Å². The Morgan fingerprint density at radius 3 is 1.35 bits per heavy atom. The standard InChI is InChI=1S/C10H22O6S/c1-7-15-9(3,13-5)17(11,12)10(4,14-6)16-8-2/h7-8H2,1-6H3. The number of hydrogen-bond donors (Lipinski definition) is 0. The molecule has 0 radical (unpaired) electrons. The number of sulfone groups is 1. The summed E-state index contributed by atoms with van der Waals surface area (Å²) in [5.41, 5.74) is 0. The molecule has 0 rings (SSSR count). The number of rotatable bonds is 8. The topological polar surface area (TPSA) is 71.1 Å². The fourth-order valence-corrected chi connectivity index (χ4v) is 3.01. The quantitative estimate of drug-likeness (QED) is 0.615. The second kappa shape index (κ2) is 6.10. The van der Waals surface area contributed by atoms with E-state index in [0.29, 0.717) is 0 Å². The summed E-state index contributed by atoms with van der Waals surface area (Å²) in [6.45, 7) is 6.38. The summed E-state index contributed by atoms with van der Waals surface area (Å²) in [5, 5.41) is -3.61. The van der Waals surface area contributed by atoms with Crippen molar-refractivity contribution in [1.82, 2.24) is 0 Å². The lowest BCUT2D eigenvalue weighted by Crippen LogP contribution is -2.54. The van der Waals surface area contributed by atoms with Crippen molar-refractivity contribution in [3.63, 3.8) is 0 Å². The predicted octanol–water partition coefficient (Wildman–Crippen LogP) is 1.11. The van der Waals surface area contributed by atoms with Crippen molar-refractivity contribution in [2.45, 2.75) is 37.9 Å². The molecule has 0 saturated heterocycles. The maximum Gasteiger partial charge on any atom is 0.276 e. The number of methoxy groups -OCH3 is 2. The van der Waals surface area contributed by atoms with Crippen molar-refractivity contribution in [2.75, 3.05) is 27.4 Å². The number of ether oxygens (including phenoxy) is 4. The first-order chi connectivity index (χ1) is 7.74. The van der Waals surface area contributed by atoms with Gasteiger partial charge in [0, 0.05) is 41.3 Å². The van der Waals surface area contributed by atoms with Gasteiger partial charge in [0.15, 0.2) is 0 Å². The van der Waals surface area contributed by atoms with Gasteiger partial charge in [-0.2, -0.15) is 0 Å². The van der Waals surface area contributed by atoms with Crippen molar-refractivity contribution in [1.29, 1.82) is 0 Å². The van der Waals surface area contributed by atoms with Crippen LogP contribution in [0.5, 0.6) is 0 Å². The zero-order valence-corrected chi connectivity index (χ0v) is 12.1. The Morgan fingerprint density at radius 2 is 1.18 bits per heavy atom. The normalized spacial score (nSPS) is 19.6. The minimum Gasteiger partial charge on any atom is -0.341 e. The van der Waals surface area contributed by atoms with Gasteiger partial charge in [0.2, 0.25) is 0 Å². The maximum absolute atomic E-state index is 12.4. The molecule has 0 saturated carbocycles. The SMILES string of the molecule is CCOC(C)(OC)S(=O)(=O)C(C)(OC)OCC. The van der Waals surface area contributed by atoms with Gasteiger partial charge in [-0.25, -0.2) is 8.42 Å². The zero-order chi connectivity index (χ0) is 13.7. The van der Waals surface area contributed by atoms with Gasteiger partial charge in [0.05, 0.1) is 0 Å². The molecule has 0 aliphatic rings. The van der Waals surface area contributed by atoms with Crippen LogP contribution in [-0.4, -0.2) is 46.1 Å². The van der Waals surface area contributed by atoms with Crippen LogP contribution in [0.3, 0.4) is 0 Å². The molecular weight excluding hydrogens is 248 g/mol. The van der Waals surface area contributed by atoms with Crippen LogP contribution in [0.1, 0.15) is 27.7 Å². The van der Waals surface area contributed by atoms with E-state index in [9.17, 15) is 8.42 Å². The van der Waals surface area contributed by atoms with Gasteiger partial charge in [0.1, 0.15) is 0 Å². The molecule has 2 atom stereocenters. The maximum atomic E-state index is 12.4. The van der Waals surface area contributed by atoms with Crippen LogP contribution < -0.4 is 0 Å². The molecule has 0 heterocycles. The molecule has 2 unspecified atom stereocenters. The molecule has 0 spiro atoms. The summed E-state index contributed by atoms with van der Waals surface area (Å²) in [6.07, 6.45) is 0. The highest BCUT2D eigenvalue weighted by atomic mass is 32.2. The Kier molecular flexibility index (Phi) is 6.03. The van der Waals surface area contributed by atoms with Crippen LogP contribution in [0, 0.1) is 0 Å². The molecule has 0 aromatic rings. The van der Waals surface area contributed by atoms with E-state index in [2.05, 4.69) is 0 Å². The minimum absolute atomic E-state index is 0.190. The highest BCUT2D eigenvalue weighted by Gasteiger charge is 2.54. The van der Waals surface area contributed by atoms with Crippen LogP contribution in [0.25, 0.3) is 0 Å². The summed E-state index contributed by atoms with van der Waals surface area (Å²) < 4.78 is 45.1. The molecular formula is C10H22O6S. The average Bonchev–Trinajstić information content (AvgIpc) is 2.28. The van der Waals surface area contributed by atoms with Crippen LogP contribution >= 0.6 is 0 Å². The number of hydrogen-bond acceptors (Lipinski definition) is 6. The highest BCUT2D eigenvalue weighted by molar-refractivity contribution is 7.93. The minimum atomic E-state index is -3.98. The predicted molar refractivity (Wildman–Crippen MR) is 63.0 cm³/mol. The van der Waals surface area contributed by atoms with E-state index in [1.54, 1.807) is 13.8 Å². The largest absolute Gasteiger partial charge is 0.341 e. The van der Waals surface area contributed by atoms with E-state index >= 15 is 0 Å². The molecule has 0 fully saturated rings. The second-order valence-corrected chi connectivity index (χ2v) is 5.99. The van der Waals surface area contributed by atoms with Gasteiger partial charge >= 0.3 is 0 Å². The molecule has 0 amide bonds. The van der Waals surface area contributed by atoms with Crippen LogP contribution in [0.2, 0.25) is 0 Å². The van der Waals surface area contributed by atoms with Crippen LogP contribution in [0.15, 0.2) is 0 Å². The van der Waals surface area contributed by atoms with Gasteiger partial charge in [-0.1, -0.05) is 0 Å². The van der Waals surface area contributed by atoms with Crippen molar-refractivity contribution in [3.05, 3.63) is 0 Å². The Labute approximate surface area is 103 Å². The molecule has 6 nitrogen and oxygen atoms in total. The summed E-state index contributed by atoms with van der Waals surface area (Å²) >= 11 is 0. The zero-order valence-electron chi connectivity index (χ0n) is 11.3. The fourth-order valence-electron chi connectivity index (χ4n) is 1.35. The van der Waals surface area contributed by atoms with Crippen LogP contribution in [0.4, 0.5) is 0 Å². The molecule has 104 valence electrons. The van der Waals surface area contributed by atoms with E-state index in [1.165, 1.54) is 28.1 Å². The summed E-state index contributed by atoms with van der Waals surface area (Å²) in [7, 11) is -1.46. The third kappa shape index (κ3) is 2.97. The first kappa shape index (κ1) is 16.8. The van der Waals surface area contributed by atoms with Gasteiger partial charge in [-0.15, -0.1) is 0 Å². The first-order valence-corrected chi connectivity index (χ1v) is 6.85. The fraction of sp³-hybridized carbons (Fsp3) is 1.00. The smallest absolute Gasteiger partial charge is 0.276 e. The summed E-state index contributed by atoms with van der Waals surface area (Å²) in [6, 6.07) is 0. The molecule has 0 aromatic carbocycles. The summed E-state index contributed by atoms with van der Waals surface area (Å²) in [4.78, 5) is 0. The lowest BCUT2D eigenvalue weighted by Gasteiger charge is -2.36. The molecule has 17 heavy (non-hydrogen) atoms. The van der Waals surface area contributed by atoms with Crippen molar-refractivity contribution >= 4 is 9.84 Å².